The maximum Gasteiger partial charge on any atom is 0.110 e. The van der Waals surface area contributed by atoms with Gasteiger partial charge < -0.3 is 4.90 Å². The first-order valence-electron chi connectivity index (χ1n) is 2.61. The number of hydrogen-bond donors (Lipinski definition) is 0. The molecule has 0 amide bonds. The lowest BCUT2D eigenvalue weighted by molar-refractivity contribution is 0.430. The summed E-state index contributed by atoms with van der Waals surface area (Å²) in [6.45, 7) is 5.31. The Balaban J connectivity index is 2.25. The average molecular weight is 109 g/mol. The van der Waals surface area contributed by atoms with Crippen LogP contribution in [-0.2, 0) is 0 Å². The SMILES string of the molecule is C=CCN1C=C[N]C1. The van der Waals surface area contributed by atoms with E-state index in [0.717, 1.165) is 13.2 Å². The third kappa shape index (κ3) is 1.03. The summed E-state index contributed by atoms with van der Waals surface area (Å²) in [6.07, 6.45) is 5.64. The zero-order valence-corrected chi connectivity index (χ0v) is 4.75. The van der Waals surface area contributed by atoms with E-state index in [-0.39, 0.29) is 0 Å². The Morgan fingerprint density at radius 3 is 3.25 bits per heavy atom. The molecule has 0 aromatic carbocycles. The molecule has 0 spiro atoms. The smallest absolute Gasteiger partial charge is 0.110 e. The van der Waals surface area contributed by atoms with Gasteiger partial charge in [-0.1, -0.05) is 6.08 Å². The molecule has 0 unspecified atom stereocenters. The molecule has 0 atom stereocenters. The van der Waals surface area contributed by atoms with E-state index in [1.54, 1.807) is 0 Å². The van der Waals surface area contributed by atoms with Gasteiger partial charge in [-0.3, -0.25) is 5.32 Å². The molecule has 0 bridgehead atoms. The number of nitrogens with zero attached hydrogens (tertiary/aromatic N) is 2. The molecule has 1 radical (unpaired) electrons. The van der Waals surface area contributed by atoms with Gasteiger partial charge in [-0.2, -0.15) is 0 Å². The van der Waals surface area contributed by atoms with Crippen LogP contribution in [0.4, 0.5) is 0 Å². The Hall–Kier alpha value is -0.920. The number of rotatable bonds is 2. The lowest BCUT2D eigenvalue weighted by atomic mass is 10.6. The van der Waals surface area contributed by atoms with Gasteiger partial charge in [-0.05, 0) is 0 Å². The molecule has 8 heavy (non-hydrogen) atoms. The van der Waals surface area contributed by atoms with Crippen molar-refractivity contribution < 1.29 is 0 Å². The molecule has 1 rings (SSSR count). The van der Waals surface area contributed by atoms with Crippen molar-refractivity contribution in [2.24, 2.45) is 0 Å². The Morgan fingerprint density at radius 2 is 2.75 bits per heavy atom. The first-order chi connectivity index (χ1) is 3.93. The van der Waals surface area contributed by atoms with Crippen molar-refractivity contribution in [3.05, 3.63) is 25.1 Å². The van der Waals surface area contributed by atoms with Gasteiger partial charge >= 0.3 is 0 Å². The predicted molar refractivity (Wildman–Crippen MR) is 33.0 cm³/mol. The lowest BCUT2D eigenvalue weighted by Gasteiger charge is -2.08. The van der Waals surface area contributed by atoms with Crippen molar-refractivity contribution in [3.8, 4) is 0 Å². The monoisotopic (exact) mass is 109 g/mol. The highest BCUT2D eigenvalue weighted by Gasteiger charge is 1.99. The van der Waals surface area contributed by atoms with Crippen LogP contribution in [0.1, 0.15) is 0 Å². The molecule has 0 saturated carbocycles. The minimum Gasteiger partial charge on any atom is -0.353 e. The van der Waals surface area contributed by atoms with Gasteiger partial charge in [-0.25, -0.2) is 0 Å². The molecular formula is C6H9N2. The molecule has 1 aliphatic rings. The Morgan fingerprint density at radius 1 is 1.88 bits per heavy atom. The van der Waals surface area contributed by atoms with E-state index < -0.39 is 0 Å². The van der Waals surface area contributed by atoms with E-state index in [4.69, 9.17) is 0 Å². The molecule has 43 valence electrons. The van der Waals surface area contributed by atoms with Crippen LogP contribution in [-0.4, -0.2) is 18.1 Å². The Bertz CT molecular complexity index is 107. The van der Waals surface area contributed by atoms with Gasteiger partial charge in [0.15, 0.2) is 0 Å². The van der Waals surface area contributed by atoms with Gasteiger partial charge in [0.25, 0.3) is 0 Å². The molecule has 0 aliphatic carbocycles. The summed E-state index contributed by atoms with van der Waals surface area (Å²) in [5.41, 5.74) is 0. The molecule has 0 aromatic rings. The van der Waals surface area contributed by atoms with E-state index in [2.05, 4.69) is 16.8 Å². The molecule has 0 fully saturated rings. The van der Waals surface area contributed by atoms with Crippen molar-refractivity contribution in [1.29, 1.82) is 0 Å². The fourth-order valence-corrected chi connectivity index (χ4v) is 0.625. The van der Waals surface area contributed by atoms with Crippen LogP contribution in [0, 0.1) is 0 Å². The Labute approximate surface area is 49.5 Å². The standard InChI is InChI=1S/C6H9N2/c1-2-4-8-5-3-7-6-8/h2-3,5H,1,4,6H2. The third-order valence-electron chi connectivity index (χ3n) is 1.01. The van der Waals surface area contributed by atoms with E-state index in [0.29, 0.717) is 0 Å². The zero-order chi connectivity index (χ0) is 5.82. The molecule has 1 aliphatic heterocycles. The summed E-state index contributed by atoms with van der Waals surface area (Å²) in [7, 11) is 0. The largest absolute Gasteiger partial charge is 0.353 e. The fraction of sp³-hybridized carbons (Fsp3) is 0.333. The fourth-order valence-electron chi connectivity index (χ4n) is 0.625. The maximum absolute atomic E-state index is 3.98. The first-order valence-corrected chi connectivity index (χ1v) is 2.61. The number of hydrogen-bond acceptors (Lipinski definition) is 1. The van der Waals surface area contributed by atoms with Crippen molar-refractivity contribution in [3.63, 3.8) is 0 Å². The normalized spacial score (nSPS) is 16.2. The molecule has 2 heteroatoms. The van der Waals surface area contributed by atoms with Crippen LogP contribution in [0.3, 0.4) is 0 Å². The van der Waals surface area contributed by atoms with Gasteiger partial charge in [0, 0.05) is 18.9 Å². The topological polar surface area (TPSA) is 17.3 Å². The van der Waals surface area contributed by atoms with Crippen LogP contribution in [0.25, 0.3) is 0 Å². The highest BCUT2D eigenvalue weighted by atomic mass is 15.2. The average Bonchev–Trinajstić information content (AvgIpc) is 2.19. The highest BCUT2D eigenvalue weighted by molar-refractivity contribution is 4.89. The minimum absolute atomic E-state index is 0.798. The van der Waals surface area contributed by atoms with E-state index >= 15 is 0 Å². The van der Waals surface area contributed by atoms with Crippen LogP contribution in [0.5, 0.6) is 0 Å². The summed E-state index contributed by atoms with van der Waals surface area (Å²) in [5.74, 6) is 0. The highest BCUT2D eigenvalue weighted by Crippen LogP contribution is 1.93. The van der Waals surface area contributed by atoms with Crippen LogP contribution in [0.2, 0.25) is 0 Å². The molecule has 0 N–H and O–H groups in total. The van der Waals surface area contributed by atoms with Crippen molar-refractivity contribution >= 4 is 0 Å². The first kappa shape index (κ1) is 5.22. The summed E-state index contributed by atoms with van der Waals surface area (Å²) in [4.78, 5) is 2.08. The second-order valence-electron chi connectivity index (χ2n) is 1.68. The molecular weight excluding hydrogens is 100 g/mol. The van der Waals surface area contributed by atoms with Crippen LogP contribution in [0.15, 0.2) is 25.1 Å². The zero-order valence-electron chi connectivity index (χ0n) is 4.75. The quantitative estimate of drug-likeness (QED) is 0.472. The second kappa shape index (κ2) is 2.40. The molecule has 1 heterocycles. The minimum atomic E-state index is 0.798. The summed E-state index contributed by atoms with van der Waals surface area (Å²) >= 11 is 0. The van der Waals surface area contributed by atoms with E-state index in [1.165, 1.54) is 0 Å². The van der Waals surface area contributed by atoms with E-state index in [1.807, 2.05) is 18.5 Å². The maximum atomic E-state index is 3.98. The van der Waals surface area contributed by atoms with Crippen molar-refractivity contribution in [2.45, 2.75) is 0 Å². The van der Waals surface area contributed by atoms with E-state index in [9.17, 15) is 0 Å². The van der Waals surface area contributed by atoms with Gasteiger partial charge in [-0.15, -0.1) is 6.58 Å². The molecule has 2 nitrogen and oxygen atoms in total. The Kier molecular flexibility index (Phi) is 1.57. The summed E-state index contributed by atoms with van der Waals surface area (Å²) in [6, 6.07) is 0. The molecule has 0 saturated heterocycles. The summed E-state index contributed by atoms with van der Waals surface area (Å²) < 4.78 is 0. The van der Waals surface area contributed by atoms with Gasteiger partial charge in [0.05, 0.1) is 0 Å². The second-order valence-corrected chi connectivity index (χ2v) is 1.68. The molecule has 0 aromatic heterocycles. The van der Waals surface area contributed by atoms with Crippen LogP contribution >= 0.6 is 0 Å². The predicted octanol–water partition coefficient (Wildman–Crippen LogP) is 0.521. The van der Waals surface area contributed by atoms with Gasteiger partial charge in [0.2, 0.25) is 0 Å². The summed E-state index contributed by atoms with van der Waals surface area (Å²) in [5, 5.41) is 3.98. The van der Waals surface area contributed by atoms with Crippen molar-refractivity contribution in [2.75, 3.05) is 13.2 Å². The van der Waals surface area contributed by atoms with Crippen molar-refractivity contribution in [1.82, 2.24) is 10.2 Å². The van der Waals surface area contributed by atoms with Crippen LogP contribution < -0.4 is 5.32 Å². The lowest BCUT2D eigenvalue weighted by Crippen LogP contribution is -2.16. The van der Waals surface area contributed by atoms with Gasteiger partial charge in [0.1, 0.15) is 6.67 Å². The third-order valence-corrected chi connectivity index (χ3v) is 1.01.